The average Bonchev–Trinajstić information content (AvgIpc) is 2.73. The van der Waals surface area contributed by atoms with Gasteiger partial charge in [0.2, 0.25) is 0 Å². The zero-order valence-electron chi connectivity index (χ0n) is 12.2. The number of nitrogens with zero attached hydrogens (tertiary/aromatic N) is 1. The fraction of sp³-hybridized carbons (Fsp3) is 0.333. The van der Waals surface area contributed by atoms with Crippen molar-refractivity contribution in [2.45, 2.75) is 13.8 Å². The molecule has 1 aromatic carbocycles. The lowest BCUT2D eigenvalue weighted by molar-refractivity contribution is -0.122. The van der Waals surface area contributed by atoms with Gasteiger partial charge in [-0.25, -0.2) is 0 Å². The van der Waals surface area contributed by atoms with E-state index in [0.29, 0.717) is 29.6 Å². The lowest BCUT2D eigenvalue weighted by Gasteiger charge is -2.10. The first-order valence-electron chi connectivity index (χ1n) is 6.66. The van der Waals surface area contributed by atoms with Crippen LogP contribution in [0.25, 0.3) is 6.08 Å². The molecule has 112 valence electrons. The molecule has 1 saturated heterocycles. The highest BCUT2D eigenvalue weighted by molar-refractivity contribution is 8.18. The Morgan fingerprint density at radius 1 is 1.24 bits per heavy atom. The third kappa shape index (κ3) is 3.21. The first kappa shape index (κ1) is 15.4. The zero-order valence-corrected chi connectivity index (χ0v) is 13.0. The second kappa shape index (κ2) is 6.67. The molecule has 1 heterocycles. The number of benzene rings is 1. The summed E-state index contributed by atoms with van der Waals surface area (Å²) in [4.78, 5) is 25.4. The van der Waals surface area contributed by atoms with Gasteiger partial charge in [0.05, 0.1) is 18.6 Å². The summed E-state index contributed by atoms with van der Waals surface area (Å²) in [5.41, 5.74) is 0.792. The fourth-order valence-corrected chi connectivity index (χ4v) is 2.88. The van der Waals surface area contributed by atoms with Crippen LogP contribution in [0.4, 0.5) is 4.79 Å². The molecule has 21 heavy (non-hydrogen) atoms. The van der Waals surface area contributed by atoms with E-state index in [1.807, 2.05) is 13.0 Å². The van der Waals surface area contributed by atoms with E-state index in [2.05, 4.69) is 0 Å². The first-order chi connectivity index (χ1) is 10.1. The Balaban J connectivity index is 2.31. The van der Waals surface area contributed by atoms with E-state index in [4.69, 9.17) is 9.47 Å². The normalized spacial score (nSPS) is 16.7. The smallest absolute Gasteiger partial charge is 0.293 e. The molecule has 1 fully saturated rings. The summed E-state index contributed by atoms with van der Waals surface area (Å²) < 4.78 is 10.7. The maximum absolute atomic E-state index is 12.0. The number of likely N-dealkylation sites (N-methyl/N-ethyl adjacent to an activating group) is 1. The molecule has 0 bridgehead atoms. The van der Waals surface area contributed by atoms with Crippen molar-refractivity contribution in [1.82, 2.24) is 4.90 Å². The van der Waals surface area contributed by atoms with Gasteiger partial charge in [-0.15, -0.1) is 0 Å². The molecule has 6 heteroatoms. The summed E-state index contributed by atoms with van der Waals surface area (Å²) in [6, 6.07) is 5.39. The molecule has 1 aromatic rings. The van der Waals surface area contributed by atoms with Crippen LogP contribution in [-0.4, -0.2) is 36.3 Å². The highest BCUT2D eigenvalue weighted by atomic mass is 32.2. The topological polar surface area (TPSA) is 55.8 Å². The summed E-state index contributed by atoms with van der Waals surface area (Å²) in [5, 5.41) is -0.229. The average molecular weight is 307 g/mol. The van der Waals surface area contributed by atoms with Crippen LogP contribution in [0, 0.1) is 0 Å². The maximum Gasteiger partial charge on any atom is 0.293 e. The molecule has 0 N–H and O–H groups in total. The monoisotopic (exact) mass is 307 g/mol. The molecule has 0 atom stereocenters. The van der Waals surface area contributed by atoms with Crippen LogP contribution in [-0.2, 0) is 4.79 Å². The van der Waals surface area contributed by atoms with E-state index < -0.39 is 0 Å². The van der Waals surface area contributed by atoms with Gasteiger partial charge in [-0.2, -0.15) is 0 Å². The van der Waals surface area contributed by atoms with Crippen LogP contribution in [0.2, 0.25) is 0 Å². The lowest BCUT2D eigenvalue weighted by Crippen LogP contribution is -2.27. The van der Waals surface area contributed by atoms with Crippen molar-refractivity contribution < 1.29 is 19.1 Å². The first-order valence-corrected chi connectivity index (χ1v) is 7.48. The van der Waals surface area contributed by atoms with Crippen molar-refractivity contribution in [3.63, 3.8) is 0 Å². The van der Waals surface area contributed by atoms with Crippen LogP contribution in [0.15, 0.2) is 23.1 Å². The van der Waals surface area contributed by atoms with E-state index >= 15 is 0 Å². The Bertz CT molecular complexity index is 597. The van der Waals surface area contributed by atoms with E-state index in [1.165, 1.54) is 4.90 Å². The highest BCUT2D eigenvalue weighted by Gasteiger charge is 2.33. The van der Waals surface area contributed by atoms with Crippen molar-refractivity contribution in [1.29, 1.82) is 0 Å². The van der Waals surface area contributed by atoms with E-state index in [-0.39, 0.29) is 11.1 Å². The summed E-state index contributed by atoms with van der Waals surface area (Å²) in [6.45, 7) is 4.57. The Kier molecular flexibility index (Phi) is 4.90. The molecule has 0 spiro atoms. The van der Waals surface area contributed by atoms with Gasteiger partial charge in [-0.3, -0.25) is 14.5 Å². The van der Waals surface area contributed by atoms with Crippen LogP contribution >= 0.6 is 11.8 Å². The minimum Gasteiger partial charge on any atom is -0.493 e. The van der Waals surface area contributed by atoms with Gasteiger partial charge in [-0.1, -0.05) is 6.07 Å². The third-order valence-corrected chi connectivity index (χ3v) is 3.88. The van der Waals surface area contributed by atoms with Gasteiger partial charge >= 0.3 is 0 Å². The van der Waals surface area contributed by atoms with Crippen LogP contribution in [0.3, 0.4) is 0 Å². The summed E-state index contributed by atoms with van der Waals surface area (Å²) >= 11 is 0.957. The molecule has 1 aliphatic rings. The Labute approximate surface area is 127 Å². The number of carbonyl (C=O) groups excluding carboxylic acids is 2. The van der Waals surface area contributed by atoms with E-state index in [0.717, 1.165) is 17.3 Å². The van der Waals surface area contributed by atoms with E-state index in [9.17, 15) is 9.59 Å². The minimum atomic E-state index is -0.249. The summed E-state index contributed by atoms with van der Waals surface area (Å²) in [5.74, 6) is 1.00. The van der Waals surface area contributed by atoms with Gasteiger partial charge in [0.15, 0.2) is 11.5 Å². The number of hydrogen-bond donors (Lipinski definition) is 0. The van der Waals surface area contributed by atoms with Crippen LogP contribution in [0.5, 0.6) is 11.5 Å². The lowest BCUT2D eigenvalue weighted by atomic mass is 10.2. The van der Waals surface area contributed by atoms with Crippen molar-refractivity contribution in [3.8, 4) is 11.5 Å². The van der Waals surface area contributed by atoms with E-state index in [1.54, 1.807) is 32.2 Å². The number of methoxy groups -OCH3 is 1. The quantitative estimate of drug-likeness (QED) is 0.782. The maximum atomic E-state index is 12.0. The molecule has 5 nitrogen and oxygen atoms in total. The van der Waals surface area contributed by atoms with Gasteiger partial charge < -0.3 is 9.47 Å². The predicted molar refractivity (Wildman–Crippen MR) is 82.5 cm³/mol. The van der Waals surface area contributed by atoms with Crippen molar-refractivity contribution in [3.05, 3.63) is 28.7 Å². The number of imide groups is 1. The molecule has 0 radical (unpaired) electrons. The minimum absolute atomic E-state index is 0.229. The number of hydrogen-bond acceptors (Lipinski definition) is 5. The van der Waals surface area contributed by atoms with Crippen molar-refractivity contribution in [2.75, 3.05) is 20.3 Å². The van der Waals surface area contributed by atoms with Crippen molar-refractivity contribution in [2.24, 2.45) is 0 Å². The number of amides is 2. The molecular formula is C15H17NO4S. The Hall–Kier alpha value is -1.95. The molecule has 0 aromatic heterocycles. The summed E-state index contributed by atoms with van der Waals surface area (Å²) in [7, 11) is 1.57. The number of ether oxygens (including phenoxy) is 2. The van der Waals surface area contributed by atoms with Crippen molar-refractivity contribution >= 4 is 29.0 Å². The second-order valence-electron chi connectivity index (χ2n) is 4.27. The number of carbonyl (C=O) groups is 2. The number of rotatable bonds is 5. The van der Waals surface area contributed by atoms with Crippen LogP contribution < -0.4 is 9.47 Å². The van der Waals surface area contributed by atoms with Gasteiger partial charge in [0.1, 0.15) is 0 Å². The molecule has 0 saturated carbocycles. The SMILES string of the molecule is CCOc1cc(/C=C2\SC(=O)N(CC)C2=O)ccc1OC. The molecular weight excluding hydrogens is 290 g/mol. The molecule has 2 amide bonds. The number of thioether (sulfide) groups is 1. The standard InChI is InChI=1S/C15H17NO4S/c1-4-16-14(17)13(21-15(16)18)9-10-6-7-11(19-3)12(8-10)20-5-2/h6-9H,4-5H2,1-3H3/b13-9-. The molecule has 2 rings (SSSR count). The second-order valence-corrected chi connectivity index (χ2v) is 5.26. The van der Waals surface area contributed by atoms with Gasteiger partial charge in [0.25, 0.3) is 11.1 Å². The zero-order chi connectivity index (χ0) is 15.4. The summed E-state index contributed by atoms with van der Waals surface area (Å²) in [6.07, 6.45) is 1.70. The third-order valence-electron chi connectivity index (χ3n) is 2.98. The predicted octanol–water partition coefficient (Wildman–Crippen LogP) is 3.15. The van der Waals surface area contributed by atoms with Gasteiger partial charge in [-0.05, 0) is 49.4 Å². The largest absolute Gasteiger partial charge is 0.493 e. The van der Waals surface area contributed by atoms with Gasteiger partial charge in [0, 0.05) is 6.54 Å². The van der Waals surface area contributed by atoms with Crippen LogP contribution in [0.1, 0.15) is 19.4 Å². The molecule has 0 aliphatic carbocycles. The highest BCUT2D eigenvalue weighted by Crippen LogP contribution is 2.34. The molecule has 1 aliphatic heterocycles. The Morgan fingerprint density at radius 3 is 2.57 bits per heavy atom. The Morgan fingerprint density at radius 2 is 2.00 bits per heavy atom. The molecule has 0 unspecified atom stereocenters. The fourth-order valence-electron chi connectivity index (χ4n) is 1.98.